The molecule has 3 rings (SSSR count). The van der Waals surface area contributed by atoms with Gasteiger partial charge in [0.15, 0.2) is 0 Å². The van der Waals surface area contributed by atoms with Gasteiger partial charge in [-0.05, 0) is 31.2 Å². The van der Waals surface area contributed by atoms with Gasteiger partial charge in [0, 0.05) is 31.2 Å². The van der Waals surface area contributed by atoms with E-state index >= 15 is 0 Å². The number of carbonyl (C=O) groups is 1. The Morgan fingerprint density at radius 3 is 3.00 bits per heavy atom. The van der Waals surface area contributed by atoms with Crippen molar-refractivity contribution in [2.24, 2.45) is 0 Å². The first kappa shape index (κ1) is 12.7. The molecule has 0 spiro atoms. The minimum atomic E-state index is -0.0325. The summed E-state index contributed by atoms with van der Waals surface area (Å²) in [6.07, 6.45) is 3.68. The molecule has 0 aromatic carbocycles. The number of hydrogen-bond acceptors (Lipinski definition) is 3. The maximum Gasteiger partial charge on any atom is 0.259 e. The fourth-order valence-corrected chi connectivity index (χ4v) is 2.73. The number of carbonyl (C=O) groups excluding carboxylic acids is 1. The van der Waals surface area contributed by atoms with Gasteiger partial charge in [-0.2, -0.15) is 0 Å². The first-order valence-electron chi connectivity index (χ1n) is 6.67. The number of nitrogens with zero attached hydrogens (tertiary/aromatic N) is 3. The molecule has 2 aromatic rings. The summed E-state index contributed by atoms with van der Waals surface area (Å²) in [6.45, 7) is 3.56. The maximum absolute atomic E-state index is 12.7. The second-order valence-corrected chi connectivity index (χ2v) is 4.86. The molecule has 0 bridgehead atoms. The van der Waals surface area contributed by atoms with E-state index in [4.69, 9.17) is 4.74 Å². The lowest BCUT2D eigenvalue weighted by atomic mass is 10.1. The molecular weight excluding hydrogens is 254 g/mol. The molecule has 5 nitrogen and oxygen atoms in total. The Morgan fingerprint density at radius 1 is 1.35 bits per heavy atom. The Bertz CT molecular complexity index is 636. The highest BCUT2D eigenvalue weighted by molar-refractivity contribution is 5.96. The zero-order valence-corrected chi connectivity index (χ0v) is 11.6. The average Bonchev–Trinajstić information content (AvgIpc) is 2.96. The van der Waals surface area contributed by atoms with Crippen LogP contribution in [0.2, 0.25) is 0 Å². The predicted molar refractivity (Wildman–Crippen MR) is 74.7 cm³/mol. The highest BCUT2D eigenvalue weighted by Crippen LogP contribution is 2.28. The zero-order valence-electron chi connectivity index (χ0n) is 11.6. The fraction of sp³-hybridized carbons (Fsp3) is 0.333. The van der Waals surface area contributed by atoms with Gasteiger partial charge in [0.1, 0.15) is 5.56 Å². The van der Waals surface area contributed by atoms with Gasteiger partial charge in [0.2, 0.25) is 5.88 Å². The molecule has 104 valence electrons. The summed E-state index contributed by atoms with van der Waals surface area (Å²) in [4.78, 5) is 18.7. The van der Waals surface area contributed by atoms with Gasteiger partial charge in [-0.15, -0.1) is 0 Å². The van der Waals surface area contributed by atoms with E-state index in [-0.39, 0.29) is 11.9 Å². The number of hydrogen-bond donors (Lipinski definition) is 0. The quantitative estimate of drug-likeness (QED) is 0.840. The Hall–Kier alpha value is -2.30. The Labute approximate surface area is 117 Å². The van der Waals surface area contributed by atoms with Gasteiger partial charge >= 0.3 is 0 Å². The minimum absolute atomic E-state index is 0.0325. The van der Waals surface area contributed by atoms with Gasteiger partial charge < -0.3 is 14.2 Å². The van der Waals surface area contributed by atoms with E-state index < -0.39 is 0 Å². The van der Waals surface area contributed by atoms with Crippen molar-refractivity contribution in [3.05, 3.63) is 47.9 Å². The summed E-state index contributed by atoms with van der Waals surface area (Å²) in [5, 5.41) is 0. The van der Waals surface area contributed by atoms with Crippen LogP contribution in [0.1, 0.15) is 29.0 Å². The topological polar surface area (TPSA) is 47.4 Å². The monoisotopic (exact) mass is 271 g/mol. The lowest BCUT2D eigenvalue weighted by Gasteiger charge is -2.35. The van der Waals surface area contributed by atoms with Crippen molar-refractivity contribution in [3.8, 4) is 5.88 Å². The third kappa shape index (κ3) is 1.95. The number of fused-ring (bicyclic) bond motifs is 1. The van der Waals surface area contributed by atoms with Gasteiger partial charge in [-0.25, -0.2) is 4.98 Å². The molecule has 0 saturated carbocycles. The first-order chi connectivity index (χ1) is 9.72. The molecule has 1 atom stereocenters. The standard InChI is InChI=1S/C15H17N3O2/c1-11-13-6-4-8-17(13)9-10-18(11)15(19)12-5-3-7-16-14(12)20-2/h3-8,11H,9-10H2,1-2H3/t11-/m0/s1. The van der Waals surface area contributed by atoms with Crippen LogP contribution in [0, 0.1) is 0 Å². The molecule has 0 radical (unpaired) electrons. The number of ether oxygens (including phenoxy) is 1. The largest absolute Gasteiger partial charge is 0.480 e. The molecule has 0 saturated heterocycles. The minimum Gasteiger partial charge on any atom is -0.480 e. The van der Waals surface area contributed by atoms with Crippen LogP contribution in [0.3, 0.4) is 0 Å². The van der Waals surface area contributed by atoms with E-state index in [0.717, 1.165) is 12.2 Å². The molecule has 0 fully saturated rings. The summed E-state index contributed by atoms with van der Waals surface area (Å²) in [5.41, 5.74) is 1.68. The van der Waals surface area contributed by atoms with E-state index in [1.165, 1.54) is 7.11 Å². The highest BCUT2D eigenvalue weighted by atomic mass is 16.5. The van der Waals surface area contributed by atoms with Crippen LogP contribution in [0.5, 0.6) is 5.88 Å². The second kappa shape index (κ2) is 5.00. The van der Waals surface area contributed by atoms with E-state index in [2.05, 4.69) is 21.8 Å². The molecule has 20 heavy (non-hydrogen) atoms. The summed E-state index contributed by atoms with van der Waals surface area (Å²) >= 11 is 0. The van der Waals surface area contributed by atoms with E-state index in [1.54, 1.807) is 18.3 Å². The molecule has 0 unspecified atom stereocenters. The third-order valence-corrected chi connectivity index (χ3v) is 3.80. The molecule has 1 aliphatic heterocycles. The van der Waals surface area contributed by atoms with Gasteiger partial charge in [0.25, 0.3) is 5.91 Å². The van der Waals surface area contributed by atoms with Crippen LogP contribution in [0.25, 0.3) is 0 Å². The third-order valence-electron chi connectivity index (χ3n) is 3.80. The maximum atomic E-state index is 12.7. The van der Waals surface area contributed by atoms with Gasteiger partial charge in [-0.3, -0.25) is 4.79 Å². The van der Waals surface area contributed by atoms with Crippen molar-refractivity contribution in [2.75, 3.05) is 13.7 Å². The van der Waals surface area contributed by atoms with Crippen LogP contribution in [-0.4, -0.2) is 34.0 Å². The van der Waals surface area contributed by atoms with Crippen molar-refractivity contribution in [1.29, 1.82) is 0 Å². The van der Waals surface area contributed by atoms with Crippen molar-refractivity contribution in [1.82, 2.24) is 14.5 Å². The second-order valence-electron chi connectivity index (χ2n) is 4.86. The molecule has 5 heteroatoms. The Kier molecular flexibility index (Phi) is 3.18. The van der Waals surface area contributed by atoms with Crippen LogP contribution >= 0.6 is 0 Å². The zero-order chi connectivity index (χ0) is 14.1. The lowest BCUT2D eigenvalue weighted by Crippen LogP contribution is -2.40. The summed E-state index contributed by atoms with van der Waals surface area (Å²) in [5.74, 6) is 0.348. The van der Waals surface area contributed by atoms with Crippen molar-refractivity contribution in [2.45, 2.75) is 19.5 Å². The van der Waals surface area contributed by atoms with Gasteiger partial charge in [0.05, 0.1) is 13.2 Å². The number of aromatic nitrogens is 2. The molecule has 3 heterocycles. The van der Waals surface area contributed by atoms with Crippen molar-refractivity contribution in [3.63, 3.8) is 0 Å². The average molecular weight is 271 g/mol. The van der Waals surface area contributed by atoms with Gasteiger partial charge in [-0.1, -0.05) is 0 Å². The van der Waals surface area contributed by atoms with E-state index in [9.17, 15) is 4.79 Å². The highest BCUT2D eigenvalue weighted by Gasteiger charge is 2.29. The lowest BCUT2D eigenvalue weighted by molar-refractivity contribution is 0.0640. The molecular formula is C15H17N3O2. The summed E-state index contributed by atoms with van der Waals surface area (Å²) < 4.78 is 7.37. The number of pyridine rings is 1. The Morgan fingerprint density at radius 2 is 2.20 bits per heavy atom. The Balaban J connectivity index is 1.92. The van der Waals surface area contributed by atoms with Crippen LogP contribution < -0.4 is 4.74 Å². The number of methoxy groups -OCH3 is 1. The number of amides is 1. The fourth-order valence-electron chi connectivity index (χ4n) is 2.73. The smallest absolute Gasteiger partial charge is 0.259 e. The summed E-state index contributed by atoms with van der Waals surface area (Å²) in [7, 11) is 1.53. The van der Waals surface area contributed by atoms with Crippen LogP contribution in [0.4, 0.5) is 0 Å². The molecule has 0 N–H and O–H groups in total. The molecule has 1 amide bonds. The predicted octanol–water partition coefficient (Wildman–Crippen LogP) is 2.11. The van der Waals surface area contributed by atoms with E-state index in [0.29, 0.717) is 18.0 Å². The van der Waals surface area contributed by atoms with Crippen LogP contribution in [-0.2, 0) is 6.54 Å². The van der Waals surface area contributed by atoms with E-state index in [1.807, 2.05) is 17.9 Å². The normalized spacial score (nSPS) is 17.7. The van der Waals surface area contributed by atoms with Crippen LogP contribution in [0.15, 0.2) is 36.7 Å². The van der Waals surface area contributed by atoms with Crippen molar-refractivity contribution < 1.29 is 9.53 Å². The SMILES string of the molecule is COc1ncccc1C(=O)N1CCn2cccc2[C@@H]1C. The molecule has 2 aromatic heterocycles. The first-order valence-corrected chi connectivity index (χ1v) is 6.67. The number of rotatable bonds is 2. The summed E-state index contributed by atoms with van der Waals surface area (Å²) in [6, 6.07) is 7.65. The molecule has 1 aliphatic rings. The van der Waals surface area contributed by atoms with Crippen molar-refractivity contribution >= 4 is 5.91 Å². The molecule has 0 aliphatic carbocycles.